The maximum atomic E-state index is 5.86. The van der Waals surface area contributed by atoms with Crippen molar-refractivity contribution in [3.8, 4) is 24.7 Å². The Kier molecular flexibility index (Phi) is 9.84. The van der Waals surface area contributed by atoms with E-state index >= 15 is 0 Å². The molecular weight excluding hydrogens is 304 g/mol. The van der Waals surface area contributed by atoms with Crippen molar-refractivity contribution in [3.05, 3.63) is 35.9 Å². The molecule has 0 N–H and O–H groups in total. The lowest BCUT2D eigenvalue weighted by Gasteiger charge is -2.39. The van der Waals surface area contributed by atoms with E-state index < -0.39 is 0 Å². The summed E-state index contributed by atoms with van der Waals surface area (Å²) in [7, 11) is 0. The molecule has 2 rings (SSSR count). The molecule has 0 unspecified atom stereocenters. The number of terminal acetylenes is 2. The molecule has 0 radical (unpaired) electrons. The summed E-state index contributed by atoms with van der Waals surface area (Å²) in [5.41, 5.74) is 0.601. The largest absolute Gasteiger partial charge is 0.368 e. The third-order valence-electron chi connectivity index (χ3n) is 3.34. The molecule has 0 spiro atoms. The third kappa shape index (κ3) is 6.35. The maximum Gasteiger partial charge on any atom is 0.183 e. The van der Waals surface area contributed by atoms with Crippen molar-refractivity contribution in [1.29, 1.82) is 0 Å². The summed E-state index contributed by atoms with van der Waals surface area (Å²) >= 11 is 0. The first kappa shape index (κ1) is 20.2. The Hall–Kier alpha value is -1.82. The van der Waals surface area contributed by atoms with Gasteiger partial charge in [-0.15, -0.1) is 12.8 Å². The van der Waals surface area contributed by atoms with Gasteiger partial charge in [0.25, 0.3) is 0 Å². The Balaban J connectivity index is 0.00000139. The van der Waals surface area contributed by atoms with E-state index in [0.717, 1.165) is 5.56 Å². The highest BCUT2D eigenvalue weighted by Crippen LogP contribution is 2.32. The van der Waals surface area contributed by atoms with E-state index in [1.54, 1.807) is 0 Å². The molecule has 1 fully saturated rings. The van der Waals surface area contributed by atoms with Crippen LogP contribution in [0.4, 0.5) is 0 Å². The third-order valence-corrected chi connectivity index (χ3v) is 3.34. The van der Waals surface area contributed by atoms with Gasteiger partial charge in [-0.1, -0.05) is 56.0 Å². The van der Waals surface area contributed by atoms with E-state index in [1.807, 2.05) is 44.2 Å². The summed E-state index contributed by atoms with van der Waals surface area (Å²) in [6, 6.07) is 9.81. The van der Waals surface area contributed by atoms with Gasteiger partial charge in [0.05, 0.1) is 31.8 Å². The lowest BCUT2D eigenvalue weighted by Crippen LogP contribution is -2.46. The van der Waals surface area contributed by atoms with Gasteiger partial charge in [0.15, 0.2) is 6.29 Å². The molecule has 1 aliphatic rings. The van der Waals surface area contributed by atoms with Crippen LogP contribution in [0.5, 0.6) is 0 Å². The number of benzene rings is 1. The summed E-state index contributed by atoms with van der Waals surface area (Å²) in [5, 5.41) is 0. The lowest BCUT2D eigenvalue weighted by molar-refractivity contribution is -0.253. The summed E-state index contributed by atoms with van der Waals surface area (Å²) in [5.74, 6) is 4.90. The van der Waals surface area contributed by atoms with Gasteiger partial charge < -0.3 is 18.9 Å². The summed E-state index contributed by atoms with van der Waals surface area (Å²) in [4.78, 5) is 0. The minimum absolute atomic E-state index is 0.249. The molecule has 1 aromatic carbocycles. The van der Waals surface area contributed by atoms with Crippen LogP contribution in [0.2, 0.25) is 0 Å². The summed E-state index contributed by atoms with van der Waals surface area (Å²) in [6.45, 7) is 6.23. The van der Waals surface area contributed by atoms with E-state index in [0.29, 0.717) is 26.4 Å². The zero-order chi connectivity index (χ0) is 17.7. The molecule has 130 valence electrons. The predicted octanol–water partition coefficient (Wildman–Crippen LogP) is 3.04. The van der Waals surface area contributed by atoms with Gasteiger partial charge in [-0.3, -0.25) is 0 Å². The highest BCUT2D eigenvalue weighted by atomic mass is 16.7. The fraction of sp³-hybridized carbons (Fsp3) is 0.500. The van der Waals surface area contributed by atoms with Crippen LogP contribution in [0, 0.1) is 30.1 Å². The molecule has 0 aliphatic carbocycles. The van der Waals surface area contributed by atoms with Gasteiger partial charge in [-0.25, -0.2) is 0 Å². The van der Waals surface area contributed by atoms with E-state index in [1.165, 1.54) is 0 Å². The van der Waals surface area contributed by atoms with E-state index in [9.17, 15) is 0 Å². The van der Waals surface area contributed by atoms with Gasteiger partial charge in [0.2, 0.25) is 0 Å². The average Bonchev–Trinajstić information content (AvgIpc) is 2.65. The molecule has 0 atom stereocenters. The molecule has 1 heterocycles. The maximum absolute atomic E-state index is 5.86. The lowest BCUT2D eigenvalue weighted by atomic mass is 9.91. The smallest absolute Gasteiger partial charge is 0.183 e. The fourth-order valence-electron chi connectivity index (χ4n) is 2.26. The van der Waals surface area contributed by atoms with Crippen molar-refractivity contribution >= 4 is 0 Å². The summed E-state index contributed by atoms with van der Waals surface area (Å²) < 4.78 is 22.7. The highest BCUT2D eigenvalue weighted by molar-refractivity contribution is 5.16. The minimum Gasteiger partial charge on any atom is -0.368 e. The second kappa shape index (κ2) is 11.7. The van der Waals surface area contributed by atoms with Crippen LogP contribution >= 0.6 is 0 Å². The van der Waals surface area contributed by atoms with Crippen molar-refractivity contribution < 1.29 is 18.9 Å². The van der Waals surface area contributed by atoms with Gasteiger partial charge in [-0.05, 0) is 0 Å². The normalized spacial score (nSPS) is 16.3. The molecule has 0 amide bonds. The molecule has 0 aromatic heterocycles. The van der Waals surface area contributed by atoms with Crippen molar-refractivity contribution in [2.24, 2.45) is 5.41 Å². The minimum atomic E-state index is -0.390. The average molecular weight is 330 g/mol. The SMILES string of the molecule is C#CCOCC1(COCC#C)COC(c2ccccc2)OC1.CC. The van der Waals surface area contributed by atoms with Crippen molar-refractivity contribution in [1.82, 2.24) is 0 Å². The van der Waals surface area contributed by atoms with E-state index in [-0.39, 0.29) is 24.9 Å². The topological polar surface area (TPSA) is 36.9 Å². The van der Waals surface area contributed by atoms with Crippen LogP contribution in [-0.2, 0) is 18.9 Å². The quantitative estimate of drug-likeness (QED) is 0.569. The molecule has 1 saturated heterocycles. The van der Waals surface area contributed by atoms with Crippen LogP contribution < -0.4 is 0 Å². The first-order valence-corrected chi connectivity index (χ1v) is 8.10. The van der Waals surface area contributed by atoms with Gasteiger partial charge >= 0.3 is 0 Å². The molecule has 1 aliphatic heterocycles. The fourth-order valence-corrected chi connectivity index (χ4v) is 2.26. The zero-order valence-electron chi connectivity index (χ0n) is 14.5. The second-order valence-corrected chi connectivity index (χ2v) is 5.26. The monoisotopic (exact) mass is 330 g/mol. The molecule has 0 bridgehead atoms. The highest BCUT2D eigenvalue weighted by Gasteiger charge is 2.38. The van der Waals surface area contributed by atoms with Crippen LogP contribution in [0.25, 0.3) is 0 Å². The summed E-state index contributed by atoms with van der Waals surface area (Å²) in [6.07, 6.45) is 10.1. The van der Waals surface area contributed by atoms with Crippen LogP contribution in [0.3, 0.4) is 0 Å². The van der Waals surface area contributed by atoms with Crippen LogP contribution in [0.1, 0.15) is 25.7 Å². The Morgan fingerprint density at radius 2 is 1.50 bits per heavy atom. The van der Waals surface area contributed by atoms with E-state index in [2.05, 4.69) is 11.8 Å². The zero-order valence-corrected chi connectivity index (χ0v) is 14.5. The van der Waals surface area contributed by atoms with Gasteiger partial charge in [0, 0.05) is 5.56 Å². The van der Waals surface area contributed by atoms with Crippen LogP contribution in [-0.4, -0.2) is 39.6 Å². The van der Waals surface area contributed by atoms with Gasteiger partial charge in [-0.2, -0.15) is 0 Å². The van der Waals surface area contributed by atoms with Crippen molar-refractivity contribution in [2.75, 3.05) is 39.6 Å². The standard InChI is InChI=1S/C18H20O4.C2H6/c1-3-10-19-12-18(13-20-11-4-2)14-21-17(22-15-18)16-8-6-5-7-9-16;1-2/h1-2,5-9,17H,10-15H2;1-2H3. The molecule has 4 heteroatoms. The number of rotatable bonds is 7. The molecular formula is C20H26O4. The molecule has 1 aromatic rings. The number of hydrogen-bond donors (Lipinski definition) is 0. The predicted molar refractivity (Wildman–Crippen MR) is 94.2 cm³/mol. The number of ether oxygens (including phenoxy) is 4. The Bertz CT molecular complexity index is 497. The van der Waals surface area contributed by atoms with E-state index in [4.69, 9.17) is 31.8 Å². The second-order valence-electron chi connectivity index (χ2n) is 5.26. The molecule has 0 saturated carbocycles. The van der Waals surface area contributed by atoms with Crippen molar-refractivity contribution in [2.45, 2.75) is 20.1 Å². The van der Waals surface area contributed by atoms with Crippen LogP contribution in [0.15, 0.2) is 30.3 Å². The Morgan fingerprint density at radius 3 is 1.96 bits per heavy atom. The Labute approximate surface area is 145 Å². The molecule has 4 nitrogen and oxygen atoms in total. The first-order chi connectivity index (χ1) is 11.8. The number of hydrogen-bond acceptors (Lipinski definition) is 4. The first-order valence-electron chi connectivity index (χ1n) is 8.10. The van der Waals surface area contributed by atoms with Gasteiger partial charge in [0.1, 0.15) is 13.2 Å². The molecule has 24 heavy (non-hydrogen) atoms. The Morgan fingerprint density at radius 1 is 1.00 bits per heavy atom. The van der Waals surface area contributed by atoms with Crippen molar-refractivity contribution in [3.63, 3.8) is 0 Å².